The minimum atomic E-state index is -0.705. The van der Waals surface area contributed by atoms with Crippen LogP contribution >= 0.6 is 0 Å². The Bertz CT molecular complexity index is 1020. The minimum absolute atomic E-state index is 0.0938. The van der Waals surface area contributed by atoms with Crippen molar-refractivity contribution in [1.82, 2.24) is 10.2 Å². The third-order valence-corrected chi connectivity index (χ3v) is 5.33. The van der Waals surface area contributed by atoms with E-state index in [1.54, 1.807) is 36.4 Å². The Labute approximate surface area is 192 Å². The number of nitrogens with two attached hydrogens (primary N) is 1. The number of hydrogen-bond acceptors (Lipinski definition) is 5. The van der Waals surface area contributed by atoms with E-state index in [1.807, 2.05) is 12.1 Å². The topological polar surface area (TPSA) is 134 Å². The van der Waals surface area contributed by atoms with E-state index in [-0.39, 0.29) is 30.2 Å². The maximum atomic E-state index is 13.0. The predicted molar refractivity (Wildman–Crippen MR) is 125 cm³/mol. The van der Waals surface area contributed by atoms with Crippen molar-refractivity contribution in [3.63, 3.8) is 0 Å². The Morgan fingerprint density at radius 2 is 1.79 bits per heavy atom. The third kappa shape index (κ3) is 6.88. The monoisotopic (exact) mass is 451 g/mol. The highest BCUT2D eigenvalue weighted by Gasteiger charge is 2.29. The quantitative estimate of drug-likeness (QED) is 0.510. The van der Waals surface area contributed by atoms with Crippen molar-refractivity contribution < 1.29 is 19.2 Å². The Hall–Kier alpha value is -3.72. The number of amides is 4. The van der Waals surface area contributed by atoms with Crippen LogP contribution in [0.15, 0.2) is 48.5 Å². The van der Waals surface area contributed by atoms with E-state index in [9.17, 15) is 19.2 Å². The van der Waals surface area contributed by atoms with Crippen LogP contribution in [0.4, 0.5) is 11.4 Å². The third-order valence-electron chi connectivity index (χ3n) is 5.33. The molecule has 1 aliphatic rings. The zero-order valence-corrected chi connectivity index (χ0v) is 18.6. The van der Waals surface area contributed by atoms with Gasteiger partial charge in [-0.25, -0.2) is 0 Å². The summed E-state index contributed by atoms with van der Waals surface area (Å²) in [6.07, 6.45) is 2.01. The average molecular weight is 452 g/mol. The van der Waals surface area contributed by atoms with Gasteiger partial charge in [0, 0.05) is 37.0 Å². The van der Waals surface area contributed by atoms with Gasteiger partial charge in [-0.2, -0.15) is 0 Å². The molecule has 1 atom stereocenters. The molecule has 1 heterocycles. The Kier molecular flexibility index (Phi) is 8.15. The second kappa shape index (κ2) is 11.2. The van der Waals surface area contributed by atoms with E-state index in [0.717, 1.165) is 18.4 Å². The van der Waals surface area contributed by atoms with Gasteiger partial charge in [-0.3, -0.25) is 19.2 Å². The number of nitrogens with one attached hydrogen (secondary N) is 3. The van der Waals surface area contributed by atoms with Gasteiger partial charge in [-0.15, -0.1) is 0 Å². The molecule has 0 aromatic heterocycles. The van der Waals surface area contributed by atoms with Gasteiger partial charge >= 0.3 is 0 Å². The Morgan fingerprint density at radius 1 is 1.03 bits per heavy atom. The molecule has 0 spiro atoms. The molecule has 33 heavy (non-hydrogen) atoms. The molecule has 4 amide bonds. The van der Waals surface area contributed by atoms with Gasteiger partial charge in [-0.1, -0.05) is 12.1 Å². The number of hydrogen-bond donors (Lipinski definition) is 4. The maximum Gasteiger partial charge on any atom is 0.251 e. The first-order chi connectivity index (χ1) is 15.9. The summed E-state index contributed by atoms with van der Waals surface area (Å²) in [5, 5.41) is 8.23. The number of rotatable bonds is 7. The predicted octanol–water partition coefficient (Wildman–Crippen LogP) is 1.85. The van der Waals surface area contributed by atoms with Crippen LogP contribution in [0.25, 0.3) is 0 Å². The molecule has 0 aliphatic carbocycles. The van der Waals surface area contributed by atoms with Crippen molar-refractivity contribution in [3.8, 4) is 0 Å². The SMILES string of the molecule is CC(=O)Nc1ccc(C(=O)NC2CCCCN(CC(=O)Nc3cccc(CN)c3)C2=O)cc1. The molecule has 3 rings (SSSR count). The number of carbonyl (C=O) groups is 4. The smallest absolute Gasteiger partial charge is 0.251 e. The summed E-state index contributed by atoms with van der Waals surface area (Å²) in [4.78, 5) is 50.9. The van der Waals surface area contributed by atoms with E-state index in [2.05, 4.69) is 16.0 Å². The molecule has 0 bridgehead atoms. The highest BCUT2D eigenvalue weighted by Crippen LogP contribution is 2.15. The largest absolute Gasteiger partial charge is 0.340 e. The molecule has 1 saturated heterocycles. The second-order valence-electron chi connectivity index (χ2n) is 7.99. The zero-order valence-electron chi connectivity index (χ0n) is 18.6. The van der Waals surface area contributed by atoms with Gasteiger partial charge in [0.1, 0.15) is 6.04 Å². The summed E-state index contributed by atoms with van der Waals surface area (Å²) >= 11 is 0. The van der Waals surface area contributed by atoms with Gasteiger partial charge in [-0.05, 0) is 61.2 Å². The Morgan fingerprint density at radius 3 is 2.48 bits per heavy atom. The molecule has 1 aliphatic heterocycles. The average Bonchev–Trinajstić information content (AvgIpc) is 2.95. The summed E-state index contributed by atoms with van der Waals surface area (Å²) in [5.41, 5.74) is 8.12. The van der Waals surface area contributed by atoms with Crippen LogP contribution in [0, 0.1) is 0 Å². The highest BCUT2D eigenvalue weighted by atomic mass is 16.2. The van der Waals surface area contributed by atoms with Crippen LogP contribution in [-0.2, 0) is 20.9 Å². The zero-order chi connectivity index (χ0) is 23.8. The lowest BCUT2D eigenvalue weighted by atomic mass is 10.1. The van der Waals surface area contributed by atoms with Crippen molar-refractivity contribution in [1.29, 1.82) is 0 Å². The van der Waals surface area contributed by atoms with E-state index in [4.69, 9.17) is 5.73 Å². The van der Waals surface area contributed by atoms with E-state index < -0.39 is 6.04 Å². The molecule has 174 valence electrons. The number of anilines is 2. The molecular formula is C24H29N5O4. The summed E-state index contributed by atoms with van der Waals surface area (Å²) in [6.45, 7) is 2.13. The first kappa shape index (κ1) is 23.9. The normalized spacial score (nSPS) is 16.0. The lowest BCUT2D eigenvalue weighted by Crippen LogP contribution is -2.49. The molecule has 0 radical (unpaired) electrons. The van der Waals surface area contributed by atoms with Crippen LogP contribution in [0.2, 0.25) is 0 Å². The van der Waals surface area contributed by atoms with E-state index in [1.165, 1.54) is 11.8 Å². The number of nitrogens with zero attached hydrogens (tertiary/aromatic N) is 1. The van der Waals surface area contributed by atoms with Crippen LogP contribution in [0.5, 0.6) is 0 Å². The van der Waals surface area contributed by atoms with Crippen LogP contribution in [0.1, 0.15) is 42.1 Å². The lowest BCUT2D eigenvalue weighted by molar-refractivity contribution is -0.135. The summed E-state index contributed by atoms with van der Waals surface area (Å²) in [7, 11) is 0. The summed E-state index contributed by atoms with van der Waals surface area (Å²) in [5.74, 6) is -1.17. The fourth-order valence-corrected chi connectivity index (χ4v) is 3.70. The van der Waals surface area contributed by atoms with Crippen molar-refractivity contribution >= 4 is 35.0 Å². The number of likely N-dealkylation sites (tertiary alicyclic amines) is 1. The maximum absolute atomic E-state index is 13.0. The van der Waals surface area contributed by atoms with Crippen molar-refractivity contribution in [2.24, 2.45) is 5.73 Å². The van der Waals surface area contributed by atoms with Gasteiger partial charge in [0.15, 0.2) is 0 Å². The molecule has 2 aromatic rings. The van der Waals surface area contributed by atoms with E-state index >= 15 is 0 Å². The first-order valence-electron chi connectivity index (χ1n) is 10.9. The lowest BCUT2D eigenvalue weighted by Gasteiger charge is -2.24. The molecule has 9 heteroatoms. The number of carbonyl (C=O) groups excluding carboxylic acids is 4. The molecule has 9 nitrogen and oxygen atoms in total. The van der Waals surface area contributed by atoms with Gasteiger partial charge in [0.25, 0.3) is 5.91 Å². The highest BCUT2D eigenvalue weighted by molar-refractivity contribution is 5.99. The second-order valence-corrected chi connectivity index (χ2v) is 7.99. The summed E-state index contributed by atoms with van der Waals surface area (Å²) in [6, 6.07) is 13.0. The first-order valence-corrected chi connectivity index (χ1v) is 10.9. The summed E-state index contributed by atoms with van der Waals surface area (Å²) < 4.78 is 0. The fraction of sp³-hybridized carbons (Fsp3) is 0.333. The Balaban J connectivity index is 1.60. The molecule has 0 saturated carbocycles. The standard InChI is InChI=1S/C24H29N5O4/c1-16(30)26-19-10-8-18(9-11-19)23(32)28-21-7-2-3-12-29(24(21)33)15-22(31)27-20-6-4-5-17(13-20)14-25/h4-6,8-11,13,21H,2-3,7,12,14-15,25H2,1H3,(H,26,30)(H,27,31)(H,28,32). The van der Waals surface area contributed by atoms with Gasteiger partial charge < -0.3 is 26.6 Å². The fourth-order valence-electron chi connectivity index (χ4n) is 3.70. The van der Waals surface area contributed by atoms with Gasteiger partial charge in [0.2, 0.25) is 17.7 Å². The van der Waals surface area contributed by atoms with Crippen LogP contribution in [0.3, 0.4) is 0 Å². The number of benzene rings is 2. The van der Waals surface area contributed by atoms with Gasteiger partial charge in [0.05, 0.1) is 6.54 Å². The molecular weight excluding hydrogens is 422 g/mol. The van der Waals surface area contributed by atoms with Crippen molar-refractivity contribution in [2.75, 3.05) is 23.7 Å². The van der Waals surface area contributed by atoms with Crippen molar-refractivity contribution in [2.45, 2.75) is 38.8 Å². The van der Waals surface area contributed by atoms with Crippen LogP contribution < -0.4 is 21.7 Å². The molecule has 5 N–H and O–H groups in total. The van der Waals surface area contributed by atoms with Crippen molar-refractivity contribution in [3.05, 3.63) is 59.7 Å². The molecule has 2 aromatic carbocycles. The van der Waals surface area contributed by atoms with E-state index in [0.29, 0.717) is 36.4 Å². The molecule has 1 unspecified atom stereocenters. The van der Waals surface area contributed by atoms with Crippen LogP contribution in [-0.4, -0.2) is 47.7 Å². The minimum Gasteiger partial charge on any atom is -0.340 e. The molecule has 1 fully saturated rings.